The van der Waals surface area contributed by atoms with Gasteiger partial charge >= 0.3 is 25.7 Å². The second-order valence-corrected chi connectivity index (χ2v) is 17.3. The zero-order valence-electron chi connectivity index (χ0n) is 41.8. The van der Waals surface area contributed by atoms with E-state index in [0.29, 0.717) is 19.3 Å². The number of phosphoric ester groups is 1. The van der Waals surface area contributed by atoms with Crippen molar-refractivity contribution in [2.45, 2.75) is 174 Å². The lowest BCUT2D eigenvalue weighted by atomic mass is 10.1. The Balaban J connectivity index is 5.03. The number of esters is 3. The Bertz CT molecular complexity index is 1650. The quantitative estimate of drug-likeness (QED) is 0.0197. The Labute approximate surface area is 410 Å². The monoisotopic (exact) mass is 967 g/mol. The molecule has 382 valence electrons. The smallest absolute Gasteiger partial charge is 0.461 e. The first-order valence-corrected chi connectivity index (χ1v) is 26.6. The fourth-order valence-corrected chi connectivity index (χ4v) is 6.62. The van der Waals surface area contributed by atoms with E-state index in [9.17, 15) is 28.9 Å². The van der Waals surface area contributed by atoms with Crippen molar-refractivity contribution >= 4 is 25.7 Å². The zero-order chi connectivity index (χ0) is 49.9. The molecule has 12 heteroatoms. The molecule has 68 heavy (non-hydrogen) atoms. The van der Waals surface area contributed by atoms with Crippen molar-refractivity contribution in [2.75, 3.05) is 26.4 Å². The molecule has 0 spiro atoms. The molecule has 0 aromatic carbocycles. The molecule has 0 aliphatic heterocycles. The minimum Gasteiger partial charge on any atom is -0.461 e. The van der Waals surface area contributed by atoms with Gasteiger partial charge in [0.15, 0.2) is 6.10 Å². The van der Waals surface area contributed by atoms with E-state index >= 15 is 0 Å². The highest BCUT2D eigenvalue weighted by Crippen LogP contribution is 2.43. The molecule has 0 aliphatic rings. The van der Waals surface area contributed by atoms with Crippen molar-refractivity contribution in [1.29, 1.82) is 0 Å². The molecular formula is C56H87O11P. The number of aliphatic hydroxyl groups is 1. The molecule has 0 bridgehead atoms. The van der Waals surface area contributed by atoms with E-state index in [1.165, 1.54) is 12.8 Å². The number of unbranched alkanes of at least 4 members (excludes halogenated alkanes) is 7. The lowest BCUT2D eigenvalue weighted by Gasteiger charge is -2.21. The number of phosphoric acid groups is 1. The molecule has 0 amide bonds. The maximum absolute atomic E-state index is 12.8. The van der Waals surface area contributed by atoms with Crippen LogP contribution in [-0.4, -0.2) is 66.5 Å². The number of aliphatic hydroxyl groups excluding tert-OH is 1. The minimum atomic E-state index is -4.79. The molecule has 0 saturated carbocycles. The molecule has 2 N–H and O–H groups in total. The summed E-state index contributed by atoms with van der Waals surface area (Å²) in [5, 5.41) is 9.75. The molecule has 0 aliphatic carbocycles. The van der Waals surface area contributed by atoms with Gasteiger partial charge in [0.1, 0.15) is 12.7 Å². The van der Waals surface area contributed by atoms with E-state index in [1.807, 2.05) is 36.5 Å². The topological polar surface area (TPSA) is 155 Å². The molecule has 0 aromatic heterocycles. The molecule has 3 atom stereocenters. The summed E-state index contributed by atoms with van der Waals surface area (Å²) in [5.74, 6) is -1.80. The highest BCUT2D eigenvalue weighted by Gasteiger charge is 2.28. The molecule has 0 saturated heterocycles. The fourth-order valence-electron chi connectivity index (χ4n) is 5.84. The third kappa shape index (κ3) is 46.7. The van der Waals surface area contributed by atoms with Crippen LogP contribution in [0.4, 0.5) is 0 Å². The largest absolute Gasteiger partial charge is 0.472 e. The van der Waals surface area contributed by atoms with Crippen LogP contribution in [0.5, 0.6) is 0 Å². The SMILES string of the molecule is CC/C=C\C/C=C\C/C=C\C/C=C\C/C=C\CC(=O)OCC(COP(=O)(O)OCC(CO)OC(=O)CCCCCCC/C=C\CCCC)OC(=O)C/C=C\C/C=C\C/C=C\C/C=C\C/C=C\CC. The number of hydrogen-bond donors (Lipinski definition) is 2. The summed E-state index contributed by atoms with van der Waals surface area (Å²) in [7, 11) is -4.79. The highest BCUT2D eigenvalue weighted by atomic mass is 31.2. The first-order valence-electron chi connectivity index (χ1n) is 25.1. The van der Waals surface area contributed by atoms with E-state index in [1.54, 1.807) is 12.2 Å². The standard InChI is InChI=1S/C56H87O11P/c1-4-7-10-13-16-19-22-24-26-28-31-33-36-39-42-45-54(58)63-49-53(67-56(60)47-44-41-38-35-32-29-27-25-23-20-17-14-11-8-5-2)51-65-68(61,62)64-50-52(48-57)66-55(59)46-43-40-37-34-30-21-18-15-12-9-6-3/h7-8,10-11,15-20,24-27,31-33,35,39,41-42,44,52-53,57H,4-6,9,12-14,21-23,28-30,34,36-38,40,43,45-51H2,1-3H3,(H,61,62)/b10-7-,11-8-,18-15-,19-16-,20-17-,26-24-,27-25-,33-31-,35-32-,42-39-,44-41-. The zero-order valence-corrected chi connectivity index (χ0v) is 42.7. The van der Waals surface area contributed by atoms with E-state index in [-0.39, 0.29) is 19.3 Å². The maximum Gasteiger partial charge on any atom is 0.472 e. The maximum atomic E-state index is 12.8. The fraction of sp³-hybridized carbons (Fsp3) is 0.554. The second-order valence-electron chi connectivity index (χ2n) is 15.9. The van der Waals surface area contributed by atoms with E-state index in [0.717, 1.165) is 89.9 Å². The first-order chi connectivity index (χ1) is 33.2. The van der Waals surface area contributed by atoms with Crippen LogP contribution in [-0.2, 0) is 42.2 Å². The average molecular weight is 967 g/mol. The van der Waals surface area contributed by atoms with Gasteiger partial charge < -0.3 is 24.2 Å². The van der Waals surface area contributed by atoms with Crippen molar-refractivity contribution < 1.29 is 52.2 Å². The molecule has 0 radical (unpaired) electrons. The van der Waals surface area contributed by atoms with Gasteiger partial charge in [-0.2, -0.15) is 0 Å². The van der Waals surface area contributed by atoms with E-state index in [2.05, 4.69) is 106 Å². The van der Waals surface area contributed by atoms with E-state index < -0.39 is 64.4 Å². The first kappa shape index (κ1) is 63.6. The van der Waals surface area contributed by atoms with Gasteiger partial charge in [-0.05, 0) is 89.9 Å². The van der Waals surface area contributed by atoms with Crippen LogP contribution < -0.4 is 0 Å². The van der Waals surface area contributed by atoms with Crippen molar-refractivity contribution in [1.82, 2.24) is 0 Å². The Hall–Kier alpha value is -4.38. The third-order valence-electron chi connectivity index (χ3n) is 9.60. The van der Waals surface area contributed by atoms with Gasteiger partial charge in [-0.15, -0.1) is 0 Å². The number of allylic oxidation sites excluding steroid dienone is 20. The number of ether oxygens (including phenoxy) is 3. The Morgan fingerprint density at radius 3 is 1.28 bits per heavy atom. The molecule has 0 rings (SSSR count). The van der Waals surface area contributed by atoms with Gasteiger partial charge in [0.25, 0.3) is 0 Å². The molecular weight excluding hydrogens is 880 g/mol. The molecule has 3 unspecified atom stereocenters. The molecule has 0 aromatic rings. The molecule has 11 nitrogen and oxygen atoms in total. The summed E-state index contributed by atoms with van der Waals surface area (Å²) in [5.41, 5.74) is 0. The van der Waals surface area contributed by atoms with Gasteiger partial charge in [-0.1, -0.05) is 187 Å². The molecule has 0 fully saturated rings. The van der Waals surface area contributed by atoms with Crippen molar-refractivity contribution in [3.8, 4) is 0 Å². The van der Waals surface area contributed by atoms with Crippen molar-refractivity contribution in [3.63, 3.8) is 0 Å². The number of rotatable bonds is 44. The van der Waals surface area contributed by atoms with Crippen molar-refractivity contribution in [2.24, 2.45) is 0 Å². The van der Waals surface area contributed by atoms with Gasteiger partial charge in [0, 0.05) is 6.42 Å². The number of carbonyl (C=O) groups is 3. The predicted molar refractivity (Wildman–Crippen MR) is 279 cm³/mol. The van der Waals surface area contributed by atoms with Gasteiger partial charge in [-0.3, -0.25) is 23.4 Å². The van der Waals surface area contributed by atoms with Crippen LogP contribution in [0.2, 0.25) is 0 Å². The Morgan fingerprint density at radius 2 is 0.824 bits per heavy atom. The van der Waals surface area contributed by atoms with E-state index in [4.69, 9.17) is 23.3 Å². The van der Waals surface area contributed by atoms with Crippen molar-refractivity contribution in [3.05, 3.63) is 134 Å². The highest BCUT2D eigenvalue weighted by molar-refractivity contribution is 7.47. The average Bonchev–Trinajstić information content (AvgIpc) is 3.32. The summed E-state index contributed by atoms with van der Waals surface area (Å²) in [6, 6.07) is 0. The number of hydrogen-bond acceptors (Lipinski definition) is 10. The summed E-state index contributed by atoms with van der Waals surface area (Å²) in [4.78, 5) is 48.1. The minimum absolute atomic E-state index is 0.0327. The van der Waals surface area contributed by atoms with Crippen LogP contribution in [0.25, 0.3) is 0 Å². The summed E-state index contributed by atoms with van der Waals surface area (Å²) in [6.45, 7) is 4.09. The van der Waals surface area contributed by atoms with Gasteiger partial charge in [-0.25, -0.2) is 4.57 Å². The Kier molecular flexibility index (Phi) is 45.9. The third-order valence-corrected chi connectivity index (χ3v) is 10.6. The van der Waals surface area contributed by atoms with Gasteiger partial charge in [0.05, 0.1) is 32.7 Å². The van der Waals surface area contributed by atoms with Crippen LogP contribution in [0.3, 0.4) is 0 Å². The van der Waals surface area contributed by atoms with Crippen LogP contribution in [0, 0.1) is 0 Å². The Morgan fingerprint density at radius 1 is 0.441 bits per heavy atom. The van der Waals surface area contributed by atoms with Crippen LogP contribution in [0.1, 0.15) is 162 Å². The summed E-state index contributed by atoms with van der Waals surface area (Å²) >= 11 is 0. The molecule has 0 heterocycles. The summed E-state index contributed by atoms with van der Waals surface area (Å²) in [6.07, 6.45) is 60.6. The second kappa shape index (κ2) is 49.1. The van der Waals surface area contributed by atoms with Crippen LogP contribution in [0.15, 0.2) is 134 Å². The normalized spacial score (nSPS) is 14.6. The van der Waals surface area contributed by atoms with Gasteiger partial charge in [0.2, 0.25) is 0 Å². The number of carbonyl (C=O) groups excluding carboxylic acids is 3. The summed E-state index contributed by atoms with van der Waals surface area (Å²) < 4.78 is 39.0. The predicted octanol–water partition coefficient (Wildman–Crippen LogP) is 14.2. The lowest BCUT2D eigenvalue weighted by molar-refractivity contribution is -0.160. The lowest BCUT2D eigenvalue weighted by Crippen LogP contribution is -2.30. The van der Waals surface area contributed by atoms with Crippen LogP contribution >= 0.6 is 7.82 Å².